The number of aliphatic imine (C=N–C) groups is 1. The molecule has 2 aromatic heterocycles. The second-order valence-electron chi connectivity index (χ2n) is 8.37. The number of rotatable bonds is 8. The Kier molecular flexibility index (Phi) is 9.16. The molecule has 0 bridgehead atoms. The molecule has 1 aliphatic heterocycles. The van der Waals surface area contributed by atoms with Crippen LogP contribution in [0.4, 0.5) is 0 Å². The molecular weight excluding hydrogens is 531 g/mol. The van der Waals surface area contributed by atoms with Crippen LogP contribution in [-0.4, -0.2) is 40.4 Å². The quantitative estimate of drug-likeness (QED) is 0.245. The minimum atomic E-state index is 0. The lowest BCUT2D eigenvalue weighted by Gasteiger charge is -2.25. The van der Waals surface area contributed by atoms with Crippen molar-refractivity contribution in [2.75, 3.05) is 13.7 Å². The normalized spacial score (nSPS) is 15.6. The maximum absolute atomic E-state index is 5.45. The van der Waals surface area contributed by atoms with Crippen molar-refractivity contribution in [1.82, 2.24) is 25.4 Å². The van der Waals surface area contributed by atoms with Crippen molar-refractivity contribution in [2.45, 2.75) is 58.2 Å². The molecule has 1 aliphatic rings. The molecule has 3 aromatic rings. The Morgan fingerprint density at radius 3 is 2.79 bits per heavy atom. The van der Waals surface area contributed by atoms with Crippen LogP contribution in [0.3, 0.4) is 0 Å². The summed E-state index contributed by atoms with van der Waals surface area (Å²) in [6.45, 7) is 6.37. The summed E-state index contributed by atoms with van der Waals surface area (Å²) in [5.41, 5.74) is 1.13. The van der Waals surface area contributed by atoms with Crippen LogP contribution in [0.15, 0.2) is 52.1 Å². The van der Waals surface area contributed by atoms with Gasteiger partial charge in [0.1, 0.15) is 17.3 Å². The number of hydrogen-bond acceptors (Lipinski definition) is 5. The molecule has 4 rings (SSSR count). The smallest absolute Gasteiger partial charge is 0.191 e. The Balaban J connectivity index is 0.00000306. The number of aromatic nitrogens is 3. The maximum Gasteiger partial charge on any atom is 0.191 e. The maximum atomic E-state index is 5.45. The van der Waals surface area contributed by atoms with E-state index >= 15 is 0 Å². The summed E-state index contributed by atoms with van der Waals surface area (Å²) in [6.07, 6.45) is 4.41. The highest BCUT2D eigenvalue weighted by atomic mass is 127. The summed E-state index contributed by atoms with van der Waals surface area (Å²) in [5, 5.41) is 11.8. The number of fused-ring (bicyclic) bond motifs is 1. The van der Waals surface area contributed by atoms with E-state index in [2.05, 4.69) is 29.5 Å². The average Bonchev–Trinajstić information content (AvgIpc) is 3.47. The van der Waals surface area contributed by atoms with Gasteiger partial charge in [-0.05, 0) is 36.2 Å². The van der Waals surface area contributed by atoms with Gasteiger partial charge in [-0.15, -0.1) is 24.0 Å². The molecule has 1 atom stereocenters. The molecule has 1 aromatic carbocycles. The molecule has 1 unspecified atom stereocenters. The first-order chi connectivity index (χ1) is 15.6. The molecule has 9 heteroatoms. The van der Waals surface area contributed by atoms with Gasteiger partial charge in [-0.3, -0.25) is 0 Å². The minimum Gasteiger partial charge on any atom is -0.497 e. The van der Waals surface area contributed by atoms with Gasteiger partial charge in [-0.1, -0.05) is 26.0 Å². The third kappa shape index (κ3) is 6.96. The fourth-order valence-corrected chi connectivity index (χ4v) is 3.70. The van der Waals surface area contributed by atoms with E-state index < -0.39 is 0 Å². The number of furan rings is 1. The molecule has 0 saturated heterocycles. The lowest BCUT2D eigenvalue weighted by atomic mass is 10.1. The molecule has 33 heavy (non-hydrogen) atoms. The molecule has 0 spiro atoms. The van der Waals surface area contributed by atoms with Crippen LogP contribution in [0.25, 0.3) is 0 Å². The highest BCUT2D eigenvalue weighted by Crippen LogP contribution is 2.17. The molecule has 0 fully saturated rings. The van der Waals surface area contributed by atoms with Crippen molar-refractivity contribution in [1.29, 1.82) is 0 Å². The zero-order chi connectivity index (χ0) is 22.3. The van der Waals surface area contributed by atoms with Crippen molar-refractivity contribution in [3.05, 3.63) is 65.6 Å². The van der Waals surface area contributed by atoms with Gasteiger partial charge >= 0.3 is 0 Å². The van der Waals surface area contributed by atoms with Gasteiger partial charge in [0.25, 0.3) is 0 Å². The lowest BCUT2D eigenvalue weighted by molar-refractivity contribution is 0.391. The van der Waals surface area contributed by atoms with E-state index in [1.54, 1.807) is 13.4 Å². The monoisotopic (exact) mass is 564 g/mol. The highest BCUT2D eigenvalue weighted by Gasteiger charge is 2.23. The molecule has 0 radical (unpaired) electrons. The predicted molar refractivity (Wildman–Crippen MR) is 139 cm³/mol. The van der Waals surface area contributed by atoms with Crippen molar-refractivity contribution in [2.24, 2.45) is 4.99 Å². The van der Waals surface area contributed by atoms with Crippen molar-refractivity contribution in [3.63, 3.8) is 0 Å². The summed E-state index contributed by atoms with van der Waals surface area (Å²) in [5.74, 6) is 4.94. The standard InChI is InChI=1S/C24H32N6O2.HI/c1-17(2)23-28-22-11-8-19(16-30(22)29-23)27-24(25-13-12-21-5-4-14-32-21)26-15-18-6-9-20(31-3)10-7-18;/h4-7,9-10,14,17,19H,8,11-13,15-16H2,1-3H3,(H2,25,26,27);1H. The fraction of sp³-hybridized carbons (Fsp3) is 0.458. The van der Waals surface area contributed by atoms with Crippen LogP contribution >= 0.6 is 24.0 Å². The van der Waals surface area contributed by atoms with E-state index in [0.29, 0.717) is 12.5 Å². The first-order valence-electron chi connectivity index (χ1n) is 11.2. The van der Waals surface area contributed by atoms with E-state index in [9.17, 15) is 0 Å². The molecule has 3 heterocycles. The van der Waals surface area contributed by atoms with Crippen LogP contribution in [0.2, 0.25) is 0 Å². The largest absolute Gasteiger partial charge is 0.497 e. The van der Waals surface area contributed by atoms with Crippen LogP contribution in [0.5, 0.6) is 5.75 Å². The Morgan fingerprint density at radius 1 is 1.27 bits per heavy atom. The van der Waals surface area contributed by atoms with E-state index in [0.717, 1.165) is 67.0 Å². The van der Waals surface area contributed by atoms with Crippen LogP contribution < -0.4 is 15.4 Å². The van der Waals surface area contributed by atoms with Gasteiger partial charge in [0, 0.05) is 31.3 Å². The zero-order valence-electron chi connectivity index (χ0n) is 19.5. The predicted octanol–water partition coefficient (Wildman–Crippen LogP) is 3.91. The Morgan fingerprint density at radius 2 is 2.09 bits per heavy atom. The van der Waals surface area contributed by atoms with E-state index in [1.165, 1.54) is 0 Å². The summed E-state index contributed by atoms with van der Waals surface area (Å²) in [7, 11) is 1.67. The van der Waals surface area contributed by atoms with Crippen molar-refractivity contribution >= 4 is 29.9 Å². The van der Waals surface area contributed by atoms with E-state index in [4.69, 9.17) is 19.2 Å². The van der Waals surface area contributed by atoms with Gasteiger partial charge in [0.2, 0.25) is 0 Å². The second-order valence-corrected chi connectivity index (χ2v) is 8.37. The van der Waals surface area contributed by atoms with Gasteiger partial charge in [0.05, 0.1) is 26.5 Å². The molecule has 8 nitrogen and oxygen atoms in total. The highest BCUT2D eigenvalue weighted by molar-refractivity contribution is 14.0. The lowest BCUT2D eigenvalue weighted by Crippen LogP contribution is -2.47. The SMILES string of the molecule is COc1ccc(CN=C(NCCc2ccco2)NC2CCc3nc(C(C)C)nn3C2)cc1.I. The summed E-state index contributed by atoms with van der Waals surface area (Å²) in [6, 6.07) is 12.1. The zero-order valence-corrected chi connectivity index (χ0v) is 21.8. The average molecular weight is 564 g/mol. The van der Waals surface area contributed by atoms with Gasteiger partial charge in [-0.2, -0.15) is 5.10 Å². The Labute approximate surface area is 212 Å². The number of methoxy groups -OCH3 is 1. The van der Waals surface area contributed by atoms with E-state index in [1.807, 2.05) is 41.1 Å². The first kappa shape index (κ1) is 25.1. The number of nitrogens with zero attached hydrogens (tertiary/aromatic N) is 4. The number of ether oxygens (including phenoxy) is 1. The van der Waals surface area contributed by atoms with Gasteiger partial charge in [-0.25, -0.2) is 14.7 Å². The number of nitrogens with one attached hydrogen (secondary N) is 2. The third-order valence-electron chi connectivity index (χ3n) is 5.55. The number of guanidine groups is 1. The number of aryl methyl sites for hydroxylation is 1. The van der Waals surface area contributed by atoms with Crippen molar-refractivity contribution < 1.29 is 9.15 Å². The van der Waals surface area contributed by atoms with Crippen LogP contribution in [0.1, 0.15) is 49.2 Å². The van der Waals surface area contributed by atoms with E-state index in [-0.39, 0.29) is 30.0 Å². The molecule has 178 valence electrons. The van der Waals surface area contributed by atoms with Crippen LogP contribution in [-0.2, 0) is 25.9 Å². The molecule has 0 amide bonds. The minimum absolute atomic E-state index is 0. The molecule has 2 N–H and O–H groups in total. The third-order valence-corrected chi connectivity index (χ3v) is 5.55. The number of hydrogen-bond donors (Lipinski definition) is 2. The molecule has 0 saturated carbocycles. The summed E-state index contributed by atoms with van der Waals surface area (Å²) >= 11 is 0. The molecular formula is C24H33IN6O2. The summed E-state index contributed by atoms with van der Waals surface area (Å²) < 4.78 is 12.7. The van der Waals surface area contributed by atoms with Gasteiger partial charge in [0.15, 0.2) is 11.8 Å². The number of benzene rings is 1. The Hall–Kier alpha value is -2.56. The fourth-order valence-electron chi connectivity index (χ4n) is 3.70. The van der Waals surface area contributed by atoms with Crippen molar-refractivity contribution in [3.8, 4) is 5.75 Å². The Bertz CT molecular complexity index is 1010. The van der Waals surface area contributed by atoms with Gasteiger partial charge < -0.3 is 19.8 Å². The summed E-state index contributed by atoms with van der Waals surface area (Å²) in [4.78, 5) is 9.52. The molecule has 0 aliphatic carbocycles. The van der Waals surface area contributed by atoms with Crippen LogP contribution in [0, 0.1) is 0 Å². The second kappa shape index (κ2) is 12.1. The number of halogens is 1. The topological polar surface area (TPSA) is 89.5 Å². The first-order valence-corrected chi connectivity index (χ1v) is 11.2.